The molecular weight excluding hydrogens is 234 g/mol. The summed E-state index contributed by atoms with van der Waals surface area (Å²) in [7, 11) is 0. The van der Waals surface area contributed by atoms with Crippen molar-refractivity contribution in [3.8, 4) is 0 Å². The summed E-state index contributed by atoms with van der Waals surface area (Å²) in [5, 5.41) is 4.21. The summed E-state index contributed by atoms with van der Waals surface area (Å²) >= 11 is 6.15. The molecule has 0 amide bonds. The van der Waals surface area contributed by atoms with E-state index in [0.29, 0.717) is 0 Å². The van der Waals surface area contributed by atoms with E-state index in [2.05, 4.69) is 22.2 Å². The molecule has 1 heterocycles. The first-order valence-corrected chi connectivity index (χ1v) is 6.03. The number of aromatic amines is 1. The standard InChI is InChI=1S/C13H16ClN3/c1-9(11-5-3-4-6-12(11)14)15-7-13-10(2)16-8-17-13/h3-6,8-9,15H,7H2,1-2H3,(H,16,17)/t9-/m1/s1. The van der Waals surface area contributed by atoms with E-state index in [4.69, 9.17) is 11.6 Å². The van der Waals surface area contributed by atoms with Gasteiger partial charge in [0.25, 0.3) is 0 Å². The second-order valence-corrected chi connectivity index (χ2v) is 4.51. The van der Waals surface area contributed by atoms with Gasteiger partial charge in [0.1, 0.15) is 0 Å². The summed E-state index contributed by atoms with van der Waals surface area (Å²) < 4.78 is 0. The van der Waals surface area contributed by atoms with Crippen molar-refractivity contribution in [2.75, 3.05) is 0 Å². The van der Waals surface area contributed by atoms with Gasteiger partial charge in [-0.2, -0.15) is 0 Å². The lowest BCUT2D eigenvalue weighted by molar-refractivity contribution is 0.567. The lowest BCUT2D eigenvalue weighted by Gasteiger charge is -2.15. The van der Waals surface area contributed by atoms with E-state index in [0.717, 1.165) is 28.5 Å². The fourth-order valence-electron chi connectivity index (χ4n) is 1.75. The highest BCUT2D eigenvalue weighted by atomic mass is 35.5. The molecule has 0 aliphatic rings. The Labute approximate surface area is 106 Å². The fraction of sp³-hybridized carbons (Fsp3) is 0.308. The third kappa shape index (κ3) is 2.87. The number of benzene rings is 1. The average molecular weight is 250 g/mol. The quantitative estimate of drug-likeness (QED) is 0.874. The molecule has 0 radical (unpaired) electrons. The van der Waals surface area contributed by atoms with Crippen molar-refractivity contribution < 1.29 is 0 Å². The van der Waals surface area contributed by atoms with Crippen LogP contribution in [0.4, 0.5) is 0 Å². The normalized spacial score (nSPS) is 12.6. The van der Waals surface area contributed by atoms with Crippen molar-refractivity contribution in [3.63, 3.8) is 0 Å². The molecule has 17 heavy (non-hydrogen) atoms. The van der Waals surface area contributed by atoms with Gasteiger partial charge in [-0.3, -0.25) is 0 Å². The summed E-state index contributed by atoms with van der Waals surface area (Å²) in [6.45, 7) is 4.86. The smallest absolute Gasteiger partial charge is 0.0925 e. The molecule has 0 saturated heterocycles. The highest BCUT2D eigenvalue weighted by Gasteiger charge is 2.09. The van der Waals surface area contributed by atoms with Crippen molar-refractivity contribution in [1.29, 1.82) is 0 Å². The summed E-state index contributed by atoms with van der Waals surface area (Å²) in [5.74, 6) is 0. The van der Waals surface area contributed by atoms with Crippen LogP contribution in [0.2, 0.25) is 5.02 Å². The van der Waals surface area contributed by atoms with Crippen LogP contribution < -0.4 is 5.32 Å². The SMILES string of the molecule is Cc1[nH]cnc1CN[C@H](C)c1ccccc1Cl. The van der Waals surface area contributed by atoms with Crippen LogP contribution in [0.5, 0.6) is 0 Å². The Balaban J connectivity index is 2.01. The Hall–Kier alpha value is -1.32. The molecule has 2 N–H and O–H groups in total. The van der Waals surface area contributed by atoms with Crippen molar-refractivity contribution in [2.24, 2.45) is 0 Å². The third-order valence-electron chi connectivity index (χ3n) is 2.88. The zero-order valence-corrected chi connectivity index (χ0v) is 10.8. The van der Waals surface area contributed by atoms with Crippen LogP contribution >= 0.6 is 11.6 Å². The molecule has 3 nitrogen and oxygen atoms in total. The minimum Gasteiger partial charge on any atom is -0.348 e. The average Bonchev–Trinajstić information content (AvgIpc) is 2.72. The highest BCUT2D eigenvalue weighted by molar-refractivity contribution is 6.31. The lowest BCUT2D eigenvalue weighted by Crippen LogP contribution is -2.19. The van der Waals surface area contributed by atoms with Gasteiger partial charge < -0.3 is 10.3 Å². The van der Waals surface area contributed by atoms with Crippen LogP contribution in [0.25, 0.3) is 0 Å². The largest absolute Gasteiger partial charge is 0.348 e. The predicted molar refractivity (Wildman–Crippen MR) is 70.0 cm³/mol. The molecule has 4 heteroatoms. The maximum absolute atomic E-state index is 6.15. The number of H-pyrrole nitrogens is 1. The highest BCUT2D eigenvalue weighted by Crippen LogP contribution is 2.22. The second-order valence-electron chi connectivity index (χ2n) is 4.10. The van der Waals surface area contributed by atoms with Gasteiger partial charge in [0.15, 0.2) is 0 Å². The zero-order valence-electron chi connectivity index (χ0n) is 10.00. The number of rotatable bonds is 4. The zero-order chi connectivity index (χ0) is 12.3. The van der Waals surface area contributed by atoms with Gasteiger partial charge in [-0.25, -0.2) is 4.98 Å². The van der Waals surface area contributed by atoms with E-state index in [1.165, 1.54) is 0 Å². The number of nitrogens with one attached hydrogen (secondary N) is 2. The number of hydrogen-bond donors (Lipinski definition) is 2. The van der Waals surface area contributed by atoms with E-state index < -0.39 is 0 Å². The van der Waals surface area contributed by atoms with E-state index in [1.54, 1.807) is 6.33 Å². The maximum Gasteiger partial charge on any atom is 0.0925 e. The molecule has 0 fully saturated rings. The Kier molecular flexibility index (Phi) is 3.82. The van der Waals surface area contributed by atoms with Gasteiger partial charge in [0, 0.05) is 23.3 Å². The van der Waals surface area contributed by atoms with Crippen LogP contribution in [0.15, 0.2) is 30.6 Å². The molecule has 2 aromatic rings. The van der Waals surface area contributed by atoms with Gasteiger partial charge in [-0.1, -0.05) is 29.8 Å². The van der Waals surface area contributed by atoms with Gasteiger partial charge in [-0.05, 0) is 25.5 Å². The molecule has 2 rings (SSSR count). The minimum absolute atomic E-state index is 0.208. The first kappa shape index (κ1) is 12.1. The number of nitrogens with zero attached hydrogens (tertiary/aromatic N) is 1. The first-order valence-electron chi connectivity index (χ1n) is 5.65. The Bertz CT molecular complexity index is 493. The molecule has 0 unspecified atom stereocenters. The van der Waals surface area contributed by atoms with E-state index in [9.17, 15) is 0 Å². The van der Waals surface area contributed by atoms with E-state index in [-0.39, 0.29) is 6.04 Å². The number of hydrogen-bond acceptors (Lipinski definition) is 2. The lowest BCUT2D eigenvalue weighted by atomic mass is 10.1. The third-order valence-corrected chi connectivity index (χ3v) is 3.23. The van der Waals surface area contributed by atoms with Gasteiger partial charge in [0.2, 0.25) is 0 Å². The molecule has 1 atom stereocenters. The van der Waals surface area contributed by atoms with Crippen LogP contribution in [0.1, 0.15) is 29.9 Å². The molecule has 0 aliphatic carbocycles. The van der Waals surface area contributed by atoms with Crippen LogP contribution in [0.3, 0.4) is 0 Å². The van der Waals surface area contributed by atoms with Crippen molar-refractivity contribution in [3.05, 3.63) is 52.6 Å². The topological polar surface area (TPSA) is 40.7 Å². The molecule has 1 aromatic heterocycles. The van der Waals surface area contributed by atoms with Gasteiger partial charge >= 0.3 is 0 Å². The van der Waals surface area contributed by atoms with E-state index in [1.807, 2.05) is 31.2 Å². The minimum atomic E-state index is 0.208. The number of aryl methyl sites for hydroxylation is 1. The molecular formula is C13H16ClN3. The van der Waals surface area contributed by atoms with Crippen LogP contribution in [-0.4, -0.2) is 9.97 Å². The molecule has 0 bridgehead atoms. The number of halogens is 1. The monoisotopic (exact) mass is 249 g/mol. The molecule has 0 spiro atoms. The number of imidazole rings is 1. The van der Waals surface area contributed by atoms with Crippen molar-refractivity contribution in [1.82, 2.24) is 15.3 Å². The fourth-order valence-corrected chi connectivity index (χ4v) is 2.05. The first-order chi connectivity index (χ1) is 8.18. The number of aromatic nitrogens is 2. The predicted octanol–water partition coefficient (Wildman–Crippen LogP) is 3.22. The van der Waals surface area contributed by atoms with Crippen molar-refractivity contribution >= 4 is 11.6 Å². The Morgan fingerprint density at radius 3 is 2.82 bits per heavy atom. The molecule has 0 aliphatic heterocycles. The van der Waals surface area contributed by atoms with E-state index >= 15 is 0 Å². The summed E-state index contributed by atoms with van der Waals surface area (Å²) in [6.07, 6.45) is 1.71. The molecule has 90 valence electrons. The Morgan fingerprint density at radius 1 is 1.41 bits per heavy atom. The van der Waals surface area contributed by atoms with Crippen LogP contribution in [0, 0.1) is 6.92 Å². The van der Waals surface area contributed by atoms with Gasteiger partial charge in [0.05, 0.1) is 12.0 Å². The Morgan fingerprint density at radius 2 is 2.18 bits per heavy atom. The van der Waals surface area contributed by atoms with Crippen molar-refractivity contribution in [2.45, 2.75) is 26.4 Å². The van der Waals surface area contributed by atoms with Crippen LogP contribution in [-0.2, 0) is 6.54 Å². The summed E-state index contributed by atoms with van der Waals surface area (Å²) in [4.78, 5) is 7.32. The molecule has 1 aromatic carbocycles. The molecule has 0 saturated carbocycles. The summed E-state index contributed by atoms with van der Waals surface area (Å²) in [6, 6.07) is 8.10. The second kappa shape index (κ2) is 5.34. The van der Waals surface area contributed by atoms with Gasteiger partial charge in [-0.15, -0.1) is 0 Å². The maximum atomic E-state index is 6.15. The summed E-state index contributed by atoms with van der Waals surface area (Å²) in [5.41, 5.74) is 3.26.